The Kier molecular flexibility index (Phi) is 6.14. The van der Waals surface area contributed by atoms with E-state index >= 15 is 0 Å². The molecule has 0 radical (unpaired) electrons. The molecule has 0 spiro atoms. The summed E-state index contributed by atoms with van der Waals surface area (Å²) in [6, 6.07) is 12.7. The number of piperazine rings is 1. The molecule has 2 aromatic carbocycles. The summed E-state index contributed by atoms with van der Waals surface area (Å²) < 4.78 is 55.2. The standard InChI is InChI=1S/C20H23N5O5S2/c1-15-2-4-16(5-3-15)20-22-19(30-23-20)14-24-10-12-25(13-11-24)32(28,29)18-8-6-17(7-9-18)31(21,26)27/h2-9H,10-14H2,1H3,(H2,21,26,27). The van der Waals surface area contributed by atoms with Gasteiger partial charge in [-0.15, -0.1) is 0 Å². The van der Waals surface area contributed by atoms with Crippen molar-refractivity contribution in [3.05, 3.63) is 60.0 Å². The molecule has 10 nitrogen and oxygen atoms in total. The molecule has 0 saturated carbocycles. The average Bonchev–Trinajstić information content (AvgIpc) is 3.22. The largest absolute Gasteiger partial charge is 0.338 e. The molecule has 1 aromatic heterocycles. The van der Waals surface area contributed by atoms with Crippen molar-refractivity contribution >= 4 is 20.0 Å². The molecule has 2 heterocycles. The van der Waals surface area contributed by atoms with Gasteiger partial charge in [0.1, 0.15) is 0 Å². The van der Waals surface area contributed by atoms with Crippen LogP contribution in [0.3, 0.4) is 0 Å². The molecule has 1 fully saturated rings. The molecular weight excluding hydrogens is 454 g/mol. The Labute approximate surface area is 186 Å². The van der Waals surface area contributed by atoms with E-state index < -0.39 is 20.0 Å². The number of hydrogen-bond acceptors (Lipinski definition) is 8. The molecule has 0 amide bonds. The minimum absolute atomic E-state index is 0.0259. The number of rotatable bonds is 6. The zero-order valence-corrected chi connectivity index (χ0v) is 19.0. The van der Waals surface area contributed by atoms with Crippen LogP contribution in [0, 0.1) is 6.92 Å². The molecule has 1 aliphatic heterocycles. The zero-order valence-electron chi connectivity index (χ0n) is 17.4. The molecule has 4 rings (SSSR count). The predicted octanol–water partition coefficient (Wildman–Crippen LogP) is 1.20. The van der Waals surface area contributed by atoms with E-state index in [0.717, 1.165) is 11.1 Å². The Morgan fingerprint density at radius 1 is 0.906 bits per heavy atom. The van der Waals surface area contributed by atoms with Crippen molar-refractivity contribution in [2.45, 2.75) is 23.3 Å². The predicted molar refractivity (Wildman–Crippen MR) is 116 cm³/mol. The maximum atomic E-state index is 12.9. The fourth-order valence-corrected chi connectivity index (χ4v) is 5.35. The van der Waals surface area contributed by atoms with E-state index in [4.69, 9.17) is 9.66 Å². The van der Waals surface area contributed by atoms with Crippen molar-refractivity contribution in [3.8, 4) is 11.4 Å². The lowest BCUT2D eigenvalue weighted by Gasteiger charge is -2.33. The summed E-state index contributed by atoms with van der Waals surface area (Å²) in [5.41, 5.74) is 2.01. The first-order valence-corrected chi connectivity index (χ1v) is 12.9. The third-order valence-corrected chi connectivity index (χ3v) is 8.10. The Morgan fingerprint density at radius 2 is 1.50 bits per heavy atom. The number of hydrogen-bond donors (Lipinski definition) is 1. The molecule has 1 aliphatic rings. The summed E-state index contributed by atoms with van der Waals surface area (Å²) in [5, 5.41) is 9.10. The maximum Gasteiger partial charge on any atom is 0.243 e. The van der Waals surface area contributed by atoms with Crippen molar-refractivity contribution in [1.29, 1.82) is 0 Å². The summed E-state index contributed by atoms with van der Waals surface area (Å²) in [5.74, 6) is 0.986. The van der Waals surface area contributed by atoms with Gasteiger partial charge < -0.3 is 4.52 Å². The average molecular weight is 478 g/mol. The highest BCUT2D eigenvalue weighted by atomic mass is 32.2. The quantitative estimate of drug-likeness (QED) is 0.559. The fourth-order valence-electron chi connectivity index (χ4n) is 3.41. The molecule has 0 unspecified atom stereocenters. The van der Waals surface area contributed by atoms with Gasteiger partial charge in [-0.25, -0.2) is 22.0 Å². The van der Waals surface area contributed by atoms with E-state index in [1.807, 2.05) is 36.1 Å². The van der Waals surface area contributed by atoms with Crippen LogP contribution in [-0.2, 0) is 26.6 Å². The molecule has 0 atom stereocenters. The van der Waals surface area contributed by atoms with Crippen molar-refractivity contribution in [1.82, 2.24) is 19.3 Å². The summed E-state index contributed by atoms with van der Waals surface area (Å²) in [6.07, 6.45) is 0. The van der Waals surface area contributed by atoms with E-state index in [1.54, 1.807) is 0 Å². The minimum atomic E-state index is -3.88. The van der Waals surface area contributed by atoms with Crippen molar-refractivity contribution in [2.24, 2.45) is 5.14 Å². The van der Waals surface area contributed by atoms with Crippen LogP contribution in [0.4, 0.5) is 0 Å². The highest BCUT2D eigenvalue weighted by Crippen LogP contribution is 2.21. The summed E-state index contributed by atoms with van der Waals surface area (Å²) >= 11 is 0. The topological polar surface area (TPSA) is 140 Å². The highest BCUT2D eigenvalue weighted by molar-refractivity contribution is 7.89. The smallest absolute Gasteiger partial charge is 0.243 e. The van der Waals surface area contributed by atoms with Crippen LogP contribution in [-0.4, -0.2) is 62.4 Å². The normalized spacial score (nSPS) is 16.3. The second-order valence-electron chi connectivity index (χ2n) is 7.57. The summed E-state index contributed by atoms with van der Waals surface area (Å²) in [6.45, 7) is 4.00. The third-order valence-electron chi connectivity index (χ3n) is 5.26. The maximum absolute atomic E-state index is 12.9. The fraction of sp³-hybridized carbons (Fsp3) is 0.300. The van der Waals surface area contributed by atoms with Gasteiger partial charge in [-0.1, -0.05) is 35.0 Å². The Balaban J connectivity index is 1.37. The van der Waals surface area contributed by atoms with Crippen LogP contribution in [0.1, 0.15) is 11.5 Å². The van der Waals surface area contributed by atoms with Gasteiger partial charge in [0.2, 0.25) is 31.8 Å². The lowest BCUT2D eigenvalue weighted by atomic mass is 10.1. The van der Waals surface area contributed by atoms with Crippen LogP contribution in [0.15, 0.2) is 62.8 Å². The van der Waals surface area contributed by atoms with Gasteiger partial charge in [-0.2, -0.15) is 9.29 Å². The number of benzene rings is 2. The molecular formula is C20H23N5O5S2. The van der Waals surface area contributed by atoms with Gasteiger partial charge in [-0.3, -0.25) is 4.90 Å². The number of nitrogens with two attached hydrogens (primary N) is 1. The van der Waals surface area contributed by atoms with Crippen LogP contribution < -0.4 is 5.14 Å². The van der Waals surface area contributed by atoms with Crippen LogP contribution in [0.25, 0.3) is 11.4 Å². The van der Waals surface area contributed by atoms with Gasteiger partial charge in [-0.05, 0) is 31.2 Å². The lowest BCUT2D eigenvalue weighted by Crippen LogP contribution is -2.48. The Bertz CT molecular complexity index is 1300. The lowest BCUT2D eigenvalue weighted by molar-refractivity contribution is 0.163. The third kappa shape index (κ3) is 4.89. The van der Waals surface area contributed by atoms with Gasteiger partial charge in [0.25, 0.3) is 0 Å². The van der Waals surface area contributed by atoms with E-state index in [9.17, 15) is 16.8 Å². The second kappa shape index (κ2) is 8.71. The summed E-state index contributed by atoms with van der Waals surface area (Å²) in [7, 11) is -7.62. The van der Waals surface area contributed by atoms with Gasteiger partial charge in [0.05, 0.1) is 16.3 Å². The van der Waals surface area contributed by atoms with Crippen LogP contribution in [0.2, 0.25) is 0 Å². The first-order valence-electron chi connectivity index (χ1n) is 9.88. The van der Waals surface area contributed by atoms with E-state index in [-0.39, 0.29) is 22.9 Å². The molecule has 3 aromatic rings. The number of sulfonamides is 2. The van der Waals surface area contributed by atoms with Gasteiger partial charge in [0.15, 0.2) is 0 Å². The molecule has 0 aliphatic carbocycles. The second-order valence-corrected chi connectivity index (χ2v) is 11.1. The van der Waals surface area contributed by atoms with Crippen LogP contribution >= 0.6 is 0 Å². The van der Waals surface area contributed by atoms with E-state index in [0.29, 0.717) is 31.3 Å². The molecule has 0 bridgehead atoms. The number of aromatic nitrogens is 2. The Morgan fingerprint density at radius 3 is 2.09 bits per heavy atom. The molecule has 32 heavy (non-hydrogen) atoms. The van der Waals surface area contributed by atoms with Gasteiger partial charge >= 0.3 is 0 Å². The SMILES string of the molecule is Cc1ccc(-c2noc(CN3CCN(S(=O)(=O)c4ccc(S(N)(=O)=O)cc4)CC3)n2)cc1. The highest BCUT2D eigenvalue weighted by Gasteiger charge is 2.29. The first-order chi connectivity index (χ1) is 15.1. The molecule has 12 heteroatoms. The van der Waals surface area contributed by atoms with Crippen LogP contribution in [0.5, 0.6) is 0 Å². The van der Waals surface area contributed by atoms with Gasteiger partial charge in [0, 0.05) is 31.7 Å². The van der Waals surface area contributed by atoms with Crippen molar-refractivity contribution in [3.63, 3.8) is 0 Å². The zero-order chi connectivity index (χ0) is 22.9. The van der Waals surface area contributed by atoms with E-state index in [2.05, 4.69) is 10.1 Å². The molecule has 170 valence electrons. The van der Waals surface area contributed by atoms with Crippen molar-refractivity contribution in [2.75, 3.05) is 26.2 Å². The number of aryl methyl sites for hydroxylation is 1. The number of primary sulfonamides is 1. The summed E-state index contributed by atoms with van der Waals surface area (Å²) in [4.78, 5) is 6.37. The van der Waals surface area contributed by atoms with Crippen molar-refractivity contribution < 1.29 is 21.4 Å². The monoisotopic (exact) mass is 477 g/mol. The first kappa shape index (κ1) is 22.6. The van der Waals surface area contributed by atoms with E-state index in [1.165, 1.54) is 28.6 Å². The molecule has 1 saturated heterocycles. The molecule has 2 N–H and O–H groups in total. The number of nitrogens with zero attached hydrogens (tertiary/aromatic N) is 4. The Hall–Kier alpha value is -2.64. The minimum Gasteiger partial charge on any atom is -0.338 e.